The number of rotatable bonds is 7. The van der Waals surface area contributed by atoms with Gasteiger partial charge in [0, 0.05) is 25.7 Å². The molecule has 1 aromatic heterocycles. The Morgan fingerprint density at radius 3 is 2.91 bits per heavy atom. The number of nitrogens with one attached hydrogen (secondary N) is 3. The van der Waals surface area contributed by atoms with E-state index in [1.165, 1.54) is 0 Å². The minimum absolute atomic E-state index is 0.0522. The Kier molecular flexibility index (Phi) is 6.14. The monoisotopic (exact) mass is 331 g/mol. The molecule has 2 heterocycles. The van der Waals surface area contributed by atoms with Gasteiger partial charge in [0.05, 0.1) is 0 Å². The average Bonchev–Trinajstić information content (AvgIpc) is 3.02. The van der Waals surface area contributed by atoms with Gasteiger partial charge in [0.25, 0.3) is 0 Å². The van der Waals surface area contributed by atoms with Crippen LogP contribution in [0.2, 0.25) is 0 Å². The second-order valence-corrected chi connectivity index (χ2v) is 5.44. The van der Waals surface area contributed by atoms with Crippen LogP contribution in [0.15, 0.2) is 12.3 Å². The Labute approximate surface area is 132 Å². The third kappa shape index (κ3) is 6.01. The number of hydrogen-bond donors (Lipinski definition) is 3. The highest BCUT2D eigenvalue weighted by molar-refractivity contribution is 5.75. The molecular formula is C14H20F3N5O. The Morgan fingerprint density at radius 2 is 2.22 bits per heavy atom. The molecule has 1 saturated heterocycles. The van der Waals surface area contributed by atoms with Crippen LogP contribution in [0.25, 0.3) is 0 Å². The lowest BCUT2D eigenvalue weighted by molar-refractivity contribution is -0.141. The van der Waals surface area contributed by atoms with Crippen molar-refractivity contribution < 1.29 is 18.0 Å². The molecule has 1 aromatic rings. The summed E-state index contributed by atoms with van der Waals surface area (Å²) in [4.78, 5) is 18.8. The Hall–Kier alpha value is -1.90. The van der Waals surface area contributed by atoms with Crippen LogP contribution < -0.4 is 16.0 Å². The summed E-state index contributed by atoms with van der Waals surface area (Å²) in [6, 6.07) is 0.810. The largest absolute Gasteiger partial charge is 0.433 e. The quantitative estimate of drug-likeness (QED) is 0.659. The van der Waals surface area contributed by atoms with Crippen LogP contribution in [0.1, 0.15) is 25.0 Å². The lowest BCUT2D eigenvalue weighted by Crippen LogP contribution is -2.29. The summed E-state index contributed by atoms with van der Waals surface area (Å²) in [5.41, 5.74) is -0.996. The van der Waals surface area contributed by atoms with Crippen LogP contribution in [-0.2, 0) is 11.0 Å². The van der Waals surface area contributed by atoms with Gasteiger partial charge in [-0.25, -0.2) is 9.97 Å². The zero-order valence-electron chi connectivity index (χ0n) is 12.6. The van der Waals surface area contributed by atoms with Crippen molar-refractivity contribution >= 4 is 11.9 Å². The van der Waals surface area contributed by atoms with Crippen LogP contribution >= 0.6 is 0 Å². The highest BCUT2D eigenvalue weighted by Crippen LogP contribution is 2.27. The van der Waals surface area contributed by atoms with Crippen molar-refractivity contribution in [3.05, 3.63) is 18.0 Å². The number of carbonyl (C=O) groups is 1. The molecule has 1 aliphatic heterocycles. The molecule has 1 atom stereocenters. The molecule has 1 fully saturated rings. The van der Waals surface area contributed by atoms with Gasteiger partial charge in [-0.15, -0.1) is 0 Å². The molecule has 0 aromatic carbocycles. The van der Waals surface area contributed by atoms with E-state index in [1.54, 1.807) is 0 Å². The minimum atomic E-state index is -4.50. The first-order chi connectivity index (χ1) is 10.9. The fourth-order valence-electron chi connectivity index (χ4n) is 2.36. The van der Waals surface area contributed by atoms with E-state index in [0.717, 1.165) is 38.2 Å². The molecule has 1 aliphatic rings. The smallest absolute Gasteiger partial charge is 0.354 e. The number of amides is 1. The van der Waals surface area contributed by atoms with Gasteiger partial charge in [-0.3, -0.25) is 4.79 Å². The number of hydrogen-bond acceptors (Lipinski definition) is 5. The molecule has 0 aliphatic carbocycles. The SMILES string of the molecule is O=C(CCC1CCNC1)NCCNc1nccc(C(F)(F)F)n1. The third-order valence-electron chi connectivity index (χ3n) is 3.62. The van der Waals surface area contributed by atoms with Crippen molar-refractivity contribution in [1.29, 1.82) is 0 Å². The van der Waals surface area contributed by atoms with Gasteiger partial charge in [-0.1, -0.05) is 0 Å². The molecule has 0 bridgehead atoms. The molecule has 0 saturated carbocycles. The molecule has 1 amide bonds. The molecule has 6 nitrogen and oxygen atoms in total. The molecule has 1 unspecified atom stereocenters. The summed E-state index contributed by atoms with van der Waals surface area (Å²) in [6.07, 6.45) is -1.04. The van der Waals surface area contributed by atoms with Crippen molar-refractivity contribution in [2.75, 3.05) is 31.5 Å². The number of nitrogens with zero attached hydrogens (tertiary/aromatic N) is 2. The maximum absolute atomic E-state index is 12.5. The lowest BCUT2D eigenvalue weighted by Gasteiger charge is -2.10. The Bertz CT molecular complexity index is 517. The van der Waals surface area contributed by atoms with Crippen LogP contribution in [0, 0.1) is 5.92 Å². The Morgan fingerprint density at radius 1 is 1.39 bits per heavy atom. The van der Waals surface area contributed by atoms with Crippen LogP contribution in [0.4, 0.5) is 19.1 Å². The molecular weight excluding hydrogens is 311 g/mol. The fraction of sp³-hybridized carbons (Fsp3) is 0.643. The molecule has 23 heavy (non-hydrogen) atoms. The van der Waals surface area contributed by atoms with E-state index in [-0.39, 0.29) is 18.4 Å². The van der Waals surface area contributed by atoms with E-state index in [4.69, 9.17) is 0 Å². The molecule has 3 N–H and O–H groups in total. The number of halogens is 3. The highest BCUT2D eigenvalue weighted by Gasteiger charge is 2.32. The molecule has 2 rings (SSSR count). The van der Waals surface area contributed by atoms with E-state index in [9.17, 15) is 18.0 Å². The van der Waals surface area contributed by atoms with Gasteiger partial charge in [0.1, 0.15) is 5.69 Å². The van der Waals surface area contributed by atoms with Crippen molar-refractivity contribution in [3.8, 4) is 0 Å². The molecule has 128 valence electrons. The van der Waals surface area contributed by atoms with Crippen LogP contribution in [0.3, 0.4) is 0 Å². The van der Waals surface area contributed by atoms with E-state index in [0.29, 0.717) is 18.9 Å². The summed E-state index contributed by atoms with van der Waals surface area (Å²) < 4.78 is 37.5. The summed E-state index contributed by atoms with van der Waals surface area (Å²) in [5, 5.41) is 8.63. The average molecular weight is 331 g/mol. The minimum Gasteiger partial charge on any atom is -0.354 e. The van der Waals surface area contributed by atoms with E-state index in [1.807, 2.05) is 0 Å². The fourth-order valence-corrected chi connectivity index (χ4v) is 2.36. The molecule has 0 spiro atoms. The van der Waals surface area contributed by atoms with Gasteiger partial charge in [0.2, 0.25) is 11.9 Å². The topological polar surface area (TPSA) is 78.9 Å². The van der Waals surface area contributed by atoms with E-state index in [2.05, 4.69) is 25.9 Å². The Balaban J connectivity index is 1.64. The lowest BCUT2D eigenvalue weighted by atomic mass is 10.0. The number of alkyl halides is 3. The van der Waals surface area contributed by atoms with Crippen LogP contribution in [0.5, 0.6) is 0 Å². The summed E-state index contributed by atoms with van der Waals surface area (Å²) in [7, 11) is 0. The first kappa shape index (κ1) is 17.5. The first-order valence-electron chi connectivity index (χ1n) is 7.56. The van der Waals surface area contributed by atoms with Gasteiger partial charge in [-0.05, 0) is 37.9 Å². The zero-order valence-corrected chi connectivity index (χ0v) is 12.6. The highest BCUT2D eigenvalue weighted by atomic mass is 19.4. The predicted octanol–water partition coefficient (Wildman–Crippen LogP) is 1.41. The van der Waals surface area contributed by atoms with Gasteiger partial charge in [-0.2, -0.15) is 13.2 Å². The second-order valence-electron chi connectivity index (χ2n) is 5.44. The summed E-state index contributed by atoms with van der Waals surface area (Å²) in [6.45, 7) is 2.54. The van der Waals surface area contributed by atoms with E-state index >= 15 is 0 Å². The number of aromatic nitrogens is 2. The van der Waals surface area contributed by atoms with Crippen molar-refractivity contribution in [2.24, 2.45) is 5.92 Å². The van der Waals surface area contributed by atoms with Crippen molar-refractivity contribution in [2.45, 2.75) is 25.4 Å². The van der Waals surface area contributed by atoms with Gasteiger partial charge < -0.3 is 16.0 Å². The second kappa shape index (κ2) is 8.09. The number of anilines is 1. The first-order valence-corrected chi connectivity index (χ1v) is 7.56. The van der Waals surface area contributed by atoms with Crippen molar-refractivity contribution in [3.63, 3.8) is 0 Å². The standard InChI is InChI=1S/C14H20F3N5O/c15-14(16,17)11-4-6-20-13(22-11)21-8-7-19-12(23)2-1-10-3-5-18-9-10/h4,6,10,18H,1-3,5,7-9H2,(H,19,23)(H,20,21,22). The van der Waals surface area contributed by atoms with E-state index < -0.39 is 11.9 Å². The van der Waals surface area contributed by atoms with Crippen molar-refractivity contribution in [1.82, 2.24) is 20.6 Å². The maximum atomic E-state index is 12.5. The normalized spacial score (nSPS) is 18.0. The summed E-state index contributed by atoms with van der Waals surface area (Å²) >= 11 is 0. The third-order valence-corrected chi connectivity index (χ3v) is 3.62. The van der Waals surface area contributed by atoms with Gasteiger partial charge in [0.15, 0.2) is 0 Å². The van der Waals surface area contributed by atoms with Crippen LogP contribution in [-0.4, -0.2) is 42.1 Å². The predicted molar refractivity (Wildman–Crippen MR) is 78.7 cm³/mol. The summed E-state index contributed by atoms with van der Waals surface area (Å²) in [5.74, 6) is 0.396. The zero-order chi connectivity index (χ0) is 16.7. The number of carbonyl (C=O) groups excluding carboxylic acids is 1. The molecule has 0 radical (unpaired) electrons. The van der Waals surface area contributed by atoms with Gasteiger partial charge >= 0.3 is 6.18 Å². The molecule has 9 heteroatoms. The maximum Gasteiger partial charge on any atom is 0.433 e.